The van der Waals surface area contributed by atoms with Crippen molar-refractivity contribution in [2.24, 2.45) is 0 Å². The molecule has 94 valence electrons. The lowest BCUT2D eigenvalue weighted by molar-refractivity contribution is 0.112. The number of piperazine rings is 1. The molecule has 0 saturated carbocycles. The van der Waals surface area contributed by atoms with Gasteiger partial charge in [-0.25, -0.2) is 9.97 Å². The van der Waals surface area contributed by atoms with Crippen LogP contribution in [0.3, 0.4) is 0 Å². The van der Waals surface area contributed by atoms with Crippen molar-refractivity contribution in [1.29, 1.82) is 0 Å². The molecule has 0 amide bonds. The second kappa shape index (κ2) is 5.03. The molecule has 0 atom stereocenters. The summed E-state index contributed by atoms with van der Waals surface area (Å²) in [5.41, 5.74) is 0. The van der Waals surface area contributed by atoms with E-state index in [2.05, 4.69) is 19.8 Å². The molecular formula is C11H12N4OS2. The van der Waals surface area contributed by atoms with Gasteiger partial charge in [0, 0.05) is 37.8 Å². The van der Waals surface area contributed by atoms with Crippen molar-refractivity contribution in [1.82, 2.24) is 9.97 Å². The van der Waals surface area contributed by atoms with Gasteiger partial charge in [0.1, 0.15) is 0 Å². The topological polar surface area (TPSA) is 49.3 Å². The summed E-state index contributed by atoms with van der Waals surface area (Å²) in [4.78, 5) is 24.4. The first kappa shape index (κ1) is 11.6. The first-order chi connectivity index (χ1) is 8.86. The molecule has 0 unspecified atom stereocenters. The molecule has 7 heteroatoms. The van der Waals surface area contributed by atoms with E-state index >= 15 is 0 Å². The molecule has 3 rings (SSSR count). The summed E-state index contributed by atoms with van der Waals surface area (Å²) < 4.78 is 0. The lowest BCUT2D eigenvalue weighted by Gasteiger charge is -2.34. The van der Waals surface area contributed by atoms with Crippen molar-refractivity contribution in [3.63, 3.8) is 0 Å². The van der Waals surface area contributed by atoms with Crippen molar-refractivity contribution in [2.75, 3.05) is 36.0 Å². The summed E-state index contributed by atoms with van der Waals surface area (Å²) in [5, 5.41) is 4.03. The zero-order valence-corrected chi connectivity index (χ0v) is 11.3. The van der Waals surface area contributed by atoms with Gasteiger partial charge in [-0.2, -0.15) is 0 Å². The van der Waals surface area contributed by atoms with E-state index in [9.17, 15) is 4.79 Å². The SMILES string of the molecule is O=Cc1cnc(N2CCN(c3nccs3)CC2)s1. The van der Waals surface area contributed by atoms with Gasteiger partial charge < -0.3 is 9.80 Å². The number of thiazole rings is 2. The number of hydrogen-bond donors (Lipinski definition) is 0. The van der Waals surface area contributed by atoms with Crippen LogP contribution in [0.2, 0.25) is 0 Å². The molecule has 0 aliphatic carbocycles. The molecule has 1 saturated heterocycles. The second-order valence-electron chi connectivity index (χ2n) is 3.95. The van der Waals surface area contributed by atoms with Crippen LogP contribution >= 0.6 is 22.7 Å². The largest absolute Gasteiger partial charge is 0.345 e. The first-order valence-corrected chi connectivity index (χ1v) is 7.37. The second-order valence-corrected chi connectivity index (χ2v) is 5.87. The van der Waals surface area contributed by atoms with Crippen molar-refractivity contribution in [2.45, 2.75) is 0 Å². The minimum atomic E-state index is 0.687. The normalized spacial score (nSPS) is 16.0. The lowest BCUT2D eigenvalue weighted by Crippen LogP contribution is -2.46. The summed E-state index contributed by atoms with van der Waals surface area (Å²) >= 11 is 3.12. The molecule has 1 aliphatic rings. The zero-order valence-electron chi connectivity index (χ0n) is 9.65. The molecule has 0 N–H and O–H groups in total. The van der Waals surface area contributed by atoms with Gasteiger partial charge in [0.2, 0.25) is 0 Å². The molecule has 3 heterocycles. The van der Waals surface area contributed by atoms with Gasteiger partial charge in [-0.05, 0) is 0 Å². The van der Waals surface area contributed by atoms with Crippen molar-refractivity contribution in [3.8, 4) is 0 Å². The van der Waals surface area contributed by atoms with Gasteiger partial charge in [-0.15, -0.1) is 11.3 Å². The van der Waals surface area contributed by atoms with E-state index in [4.69, 9.17) is 0 Å². The van der Waals surface area contributed by atoms with Crippen LogP contribution in [0.4, 0.5) is 10.3 Å². The number of nitrogens with zero attached hydrogens (tertiary/aromatic N) is 4. The van der Waals surface area contributed by atoms with E-state index in [1.54, 1.807) is 17.5 Å². The van der Waals surface area contributed by atoms with Crippen LogP contribution in [0.1, 0.15) is 9.67 Å². The van der Waals surface area contributed by atoms with Crippen LogP contribution in [0, 0.1) is 0 Å². The van der Waals surface area contributed by atoms with E-state index in [-0.39, 0.29) is 0 Å². The third-order valence-corrected chi connectivity index (χ3v) is 4.68. The van der Waals surface area contributed by atoms with Gasteiger partial charge in [0.05, 0.1) is 11.1 Å². The number of aldehydes is 1. The minimum Gasteiger partial charge on any atom is -0.345 e. The van der Waals surface area contributed by atoms with Gasteiger partial charge >= 0.3 is 0 Å². The number of hydrogen-bond acceptors (Lipinski definition) is 7. The molecule has 0 spiro atoms. The van der Waals surface area contributed by atoms with Crippen LogP contribution in [-0.4, -0.2) is 42.4 Å². The van der Waals surface area contributed by atoms with Gasteiger partial charge in [-0.3, -0.25) is 4.79 Å². The van der Waals surface area contributed by atoms with Gasteiger partial charge in [0.25, 0.3) is 0 Å². The molecule has 5 nitrogen and oxygen atoms in total. The van der Waals surface area contributed by atoms with Crippen molar-refractivity contribution < 1.29 is 4.79 Å². The van der Waals surface area contributed by atoms with E-state index in [1.165, 1.54) is 11.3 Å². The summed E-state index contributed by atoms with van der Waals surface area (Å²) in [6.07, 6.45) is 4.33. The highest BCUT2D eigenvalue weighted by Gasteiger charge is 2.20. The molecular weight excluding hydrogens is 268 g/mol. The number of carbonyl (C=O) groups is 1. The molecule has 0 aromatic carbocycles. The highest BCUT2D eigenvalue weighted by atomic mass is 32.1. The molecule has 2 aromatic rings. The summed E-state index contributed by atoms with van der Waals surface area (Å²) in [7, 11) is 0. The van der Waals surface area contributed by atoms with Crippen LogP contribution in [0.5, 0.6) is 0 Å². The number of rotatable bonds is 3. The fraction of sp³-hybridized carbons (Fsp3) is 0.364. The maximum atomic E-state index is 10.6. The lowest BCUT2D eigenvalue weighted by atomic mass is 10.3. The number of carbonyl (C=O) groups excluding carboxylic acids is 1. The minimum absolute atomic E-state index is 0.687. The Morgan fingerprint density at radius 1 is 1.11 bits per heavy atom. The third-order valence-electron chi connectivity index (χ3n) is 2.87. The van der Waals surface area contributed by atoms with Crippen molar-refractivity contribution in [3.05, 3.63) is 22.7 Å². The molecule has 18 heavy (non-hydrogen) atoms. The number of anilines is 2. The molecule has 0 bridgehead atoms. The Morgan fingerprint density at radius 2 is 1.83 bits per heavy atom. The first-order valence-electron chi connectivity index (χ1n) is 5.67. The Bertz CT molecular complexity index is 517. The zero-order chi connectivity index (χ0) is 12.4. The monoisotopic (exact) mass is 280 g/mol. The molecule has 1 aliphatic heterocycles. The maximum Gasteiger partial charge on any atom is 0.186 e. The Hall–Kier alpha value is -1.47. The Balaban J connectivity index is 1.64. The standard InChI is InChI=1S/C11H12N4OS2/c16-8-9-7-13-11(18-9)15-4-2-14(3-5-15)10-12-1-6-17-10/h1,6-8H,2-5H2. The Kier molecular flexibility index (Phi) is 3.24. The van der Waals surface area contributed by atoms with Crippen LogP contribution < -0.4 is 9.80 Å². The summed E-state index contributed by atoms with van der Waals surface area (Å²) in [5.74, 6) is 0. The predicted molar refractivity (Wildman–Crippen MR) is 74.0 cm³/mol. The van der Waals surface area contributed by atoms with E-state index in [1.807, 2.05) is 11.6 Å². The van der Waals surface area contributed by atoms with Crippen LogP contribution in [-0.2, 0) is 0 Å². The summed E-state index contributed by atoms with van der Waals surface area (Å²) in [6, 6.07) is 0. The average molecular weight is 280 g/mol. The number of aromatic nitrogens is 2. The Labute approximate surface area is 113 Å². The molecule has 0 radical (unpaired) electrons. The third kappa shape index (κ3) is 2.23. The molecule has 1 fully saturated rings. The molecule has 2 aromatic heterocycles. The highest BCUT2D eigenvalue weighted by Crippen LogP contribution is 2.24. The summed E-state index contributed by atoms with van der Waals surface area (Å²) in [6.45, 7) is 3.74. The quantitative estimate of drug-likeness (QED) is 0.802. The fourth-order valence-electron chi connectivity index (χ4n) is 1.94. The van der Waals surface area contributed by atoms with Crippen molar-refractivity contribution >= 4 is 39.2 Å². The van der Waals surface area contributed by atoms with Gasteiger partial charge in [0.15, 0.2) is 16.5 Å². The van der Waals surface area contributed by atoms with E-state index in [0.29, 0.717) is 4.88 Å². The van der Waals surface area contributed by atoms with E-state index in [0.717, 1.165) is 42.7 Å². The smallest absolute Gasteiger partial charge is 0.186 e. The van der Waals surface area contributed by atoms with Crippen LogP contribution in [0.25, 0.3) is 0 Å². The fourth-order valence-corrected chi connectivity index (χ4v) is 3.42. The van der Waals surface area contributed by atoms with Gasteiger partial charge in [-0.1, -0.05) is 11.3 Å². The predicted octanol–water partition coefficient (Wildman–Crippen LogP) is 1.74. The maximum absolute atomic E-state index is 10.6. The Morgan fingerprint density at radius 3 is 2.39 bits per heavy atom. The van der Waals surface area contributed by atoms with Crippen LogP contribution in [0.15, 0.2) is 17.8 Å². The highest BCUT2D eigenvalue weighted by molar-refractivity contribution is 7.17. The van der Waals surface area contributed by atoms with E-state index < -0.39 is 0 Å². The average Bonchev–Trinajstić information content (AvgIpc) is 3.10.